The van der Waals surface area contributed by atoms with Crippen molar-refractivity contribution in [1.29, 1.82) is 0 Å². The number of nitrogens with zero attached hydrogens (tertiary/aromatic N) is 4. The van der Waals surface area contributed by atoms with Crippen LogP contribution >= 0.6 is 0 Å². The first-order chi connectivity index (χ1) is 13.7. The monoisotopic (exact) mass is 405 g/mol. The second-order valence-corrected chi connectivity index (χ2v) is 7.65. The third kappa shape index (κ3) is 3.91. The van der Waals surface area contributed by atoms with Gasteiger partial charge in [-0.15, -0.1) is 0 Å². The maximum absolute atomic E-state index is 12.6. The van der Waals surface area contributed by atoms with Gasteiger partial charge in [-0.1, -0.05) is 0 Å². The highest BCUT2D eigenvalue weighted by Crippen LogP contribution is 2.35. The van der Waals surface area contributed by atoms with Crippen molar-refractivity contribution >= 4 is 17.4 Å². The second-order valence-electron chi connectivity index (χ2n) is 7.65. The largest absolute Gasteiger partial charge is 0.416 e. The van der Waals surface area contributed by atoms with Crippen molar-refractivity contribution in [2.24, 2.45) is 0 Å². The lowest BCUT2D eigenvalue weighted by atomic mass is 9.87. The minimum Gasteiger partial charge on any atom is -0.353 e. The van der Waals surface area contributed by atoms with Crippen LogP contribution in [0.1, 0.15) is 23.2 Å². The quantitative estimate of drug-likeness (QED) is 0.848. The van der Waals surface area contributed by atoms with Crippen LogP contribution in [0.5, 0.6) is 0 Å². The van der Waals surface area contributed by atoms with Crippen LogP contribution in [-0.2, 0) is 11.0 Å². The zero-order chi connectivity index (χ0) is 20.8. The zero-order valence-corrected chi connectivity index (χ0v) is 16.2. The SMILES string of the molecule is Cc1ncnc(N2CC3CC(C2)N3CC(=O)Nc2ccc(C(F)(F)F)cc2)c1C. The fourth-order valence-electron chi connectivity index (χ4n) is 4.07. The van der Waals surface area contributed by atoms with E-state index in [4.69, 9.17) is 0 Å². The van der Waals surface area contributed by atoms with Gasteiger partial charge in [-0.2, -0.15) is 13.2 Å². The predicted molar refractivity (Wildman–Crippen MR) is 103 cm³/mol. The Morgan fingerprint density at radius 1 is 1.14 bits per heavy atom. The Kier molecular flexibility index (Phi) is 4.94. The maximum Gasteiger partial charge on any atom is 0.416 e. The Morgan fingerprint density at radius 2 is 1.79 bits per heavy atom. The first kappa shape index (κ1) is 19.6. The van der Waals surface area contributed by atoms with Crippen LogP contribution in [0, 0.1) is 13.8 Å². The van der Waals surface area contributed by atoms with Crippen molar-refractivity contribution in [2.75, 3.05) is 29.9 Å². The van der Waals surface area contributed by atoms with E-state index in [1.807, 2.05) is 13.8 Å². The van der Waals surface area contributed by atoms with E-state index in [0.717, 1.165) is 48.7 Å². The molecule has 29 heavy (non-hydrogen) atoms. The minimum atomic E-state index is -4.38. The molecule has 2 aromatic rings. The number of alkyl halides is 3. The summed E-state index contributed by atoms with van der Waals surface area (Å²) in [5.74, 6) is 0.725. The first-order valence-corrected chi connectivity index (χ1v) is 9.48. The molecule has 3 fully saturated rings. The Balaban J connectivity index is 1.34. The summed E-state index contributed by atoms with van der Waals surface area (Å²) in [5.41, 5.74) is 1.66. The zero-order valence-electron chi connectivity index (χ0n) is 16.2. The molecule has 1 aromatic heterocycles. The number of hydrogen-bond donors (Lipinski definition) is 1. The van der Waals surface area contributed by atoms with Crippen LogP contribution < -0.4 is 10.2 Å². The molecule has 0 saturated carbocycles. The molecular weight excluding hydrogens is 383 g/mol. The number of piperidine rings is 1. The Hall–Kier alpha value is -2.68. The van der Waals surface area contributed by atoms with Gasteiger partial charge in [-0.25, -0.2) is 9.97 Å². The van der Waals surface area contributed by atoms with Crippen LogP contribution in [0.4, 0.5) is 24.7 Å². The number of hydrogen-bond acceptors (Lipinski definition) is 5. The highest BCUT2D eigenvalue weighted by molar-refractivity contribution is 5.92. The van der Waals surface area contributed by atoms with E-state index in [9.17, 15) is 18.0 Å². The van der Waals surface area contributed by atoms with E-state index in [-0.39, 0.29) is 24.5 Å². The molecule has 2 bridgehead atoms. The highest BCUT2D eigenvalue weighted by Gasteiger charge is 2.45. The second kappa shape index (κ2) is 7.29. The van der Waals surface area contributed by atoms with Crippen molar-refractivity contribution in [3.05, 3.63) is 47.4 Å². The van der Waals surface area contributed by atoms with Gasteiger partial charge in [0.05, 0.1) is 12.1 Å². The van der Waals surface area contributed by atoms with Crippen LogP contribution in [-0.4, -0.2) is 52.5 Å². The number of nitrogens with one attached hydrogen (secondary N) is 1. The van der Waals surface area contributed by atoms with Crippen molar-refractivity contribution in [3.63, 3.8) is 0 Å². The van der Waals surface area contributed by atoms with Crippen LogP contribution in [0.25, 0.3) is 0 Å². The molecule has 3 aliphatic rings. The molecule has 9 heteroatoms. The molecule has 4 heterocycles. The van der Waals surface area contributed by atoms with Gasteiger partial charge in [0.15, 0.2) is 0 Å². The maximum atomic E-state index is 12.6. The molecule has 1 N–H and O–H groups in total. The van der Waals surface area contributed by atoms with E-state index < -0.39 is 11.7 Å². The summed E-state index contributed by atoms with van der Waals surface area (Å²) in [6, 6.07) is 5.03. The number of benzene rings is 1. The number of piperazine rings is 1. The molecule has 2 atom stereocenters. The van der Waals surface area contributed by atoms with Gasteiger partial charge in [0, 0.05) is 42.1 Å². The number of carbonyl (C=O) groups excluding carboxylic acids is 1. The Bertz CT molecular complexity index is 903. The number of rotatable bonds is 4. The third-order valence-electron chi connectivity index (χ3n) is 5.78. The number of halogens is 3. The molecule has 1 aromatic carbocycles. The van der Waals surface area contributed by atoms with Gasteiger partial charge in [0.1, 0.15) is 12.1 Å². The third-order valence-corrected chi connectivity index (χ3v) is 5.78. The van der Waals surface area contributed by atoms with Crippen LogP contribution in [0.2, 0.25) is 0 Å². The topological polar surface area (TPSA) is 61.4 Å². The molecule has 1 amide bonds. The minimum absolute atomic E-state index is 0.220. The molecule has 6 nitrogen and oxygen atoms in total. The number of aryl methyl sites for hydroxylation is 1. The fraction of sp³-hybridized carbons (Fsp3) is 0.450. The van der Waals surface area contributed by atoms with Gasteiger partial charge in [-0.3, -0.25) is 9.69 Å². The molecule has 3 aliphatic heterocycles. The van der Waals surface area contributed by atoms with Crippen molar-refractivity contribution < 1.29 is 18.0 Å². The predicted octanol–water partition coefficient (Wildman–Crippen LogP) is 3.01. The lowest BCUT2D eigenvalue weighted by Crippen LogP contribution is -2.70. The molecular formula is C20H22F3N5O. The smallest absolute Gasteiger partial charge is 0.353 e. The number of carbonyl (C=O) groups is 1. The molecule has 0 spiro atoms. The van der Waals surface area contributed by atoms with E-state index in [2.05, 4.69) is 25.1 Å². The lowest BCUT2D eigenvalue weighted by molar-refractivity contribution is -0.137. The summed E-state index contributed by atoms with van der Waals surface area (Å²) in [4.78, 5) is 25.4. The lowest BCUT2D eigenvalue weighted by Gasteiger charge is -2.56. The first-order valence-electron chi connectivity index (χ1n) is 9.48. The number of fused-ring (bicyclic) bond motifs is 2. The van der Waals surface area contributed by atoms with Gasteiger partial charge in [0.25, 0.3) is 0 Å². The van der Waals surface area contributed by atoms with E-state index >= 15 is 0 Å². The molecule has 154 valence electrons. The van der Waals surface area contributed by atoms with Crippen molar-refractivity contribution in [2.45, 2.75) is 38.5 Å². The van der Waals surface area contributed by atoms with Crippen molar-refractivity contribution in [3.8, 4) is 0 Å². The van der Waals surface area contributed by atoms with E-state index in [1.54, 1.807) is 6.33 Å². The molecule has 2 unspecified atom stereocenters. The van der Waals surface area contributed by atoms with E-state index in [0.29, 0.717) is 5.69 Å². The Morgan fingerprint density at radius 3 is 2.41 bits per heavy atom. The molecule has 0 radical (unpaired) electrons. The summed E-state index contributed by atoms with van der Waals surface area (Å²) in [7, 11) is 0. The fourth-order valence-corrected chi connectivity index (χ4v) is 4.07. The number of aromatic nitrogens is 2. The van der Waals surface area contributed by atoms with Crippen LogP contribution in [0.3, 0.4) is 0 Å². The Labute approximate surface area is 166 Å². The van der Waals surface area contributed by atoms with Gasteiger partial charge in [0.2, 0.25) is 5.91 Å². The van der Waals surface area contributed by atoms with Crippen LogP contribution in [0.15, 0.2) is 30.6 Å². The molecule has 0 aliphatic carbocycles. The van der Waals surface area contributed by atoms with Gasteiger partial charge < -0.3 is 10.2 Å². The standard InChI is InChI=1S/C20H22F3N5O/c1-12-13(2)24-11-25-19(12)27-8-16-7-17(9-27)28(16)10-18(29)26-15-5-3-14(4-6-15)20(21,22)23/h3-6,11,16-17H,7-10H2,1-2H3,(H,26,29). The van der Waals surface area contributed by atoms with Gasteiger partial charge in [-0.05, 0) is 44.5 Å². The average Bonchev–Trinajstić information content (AvgIpc) is 2.68. The summed E-state index contributed by atoms with van der Waals surface area (Å²) >= 11 is 0. The average molecular weight is 405 g/mol. The molecule has 3 saturated heterocycles. The molecule has 5 rings (SSSR count). The van der Waals surface area contributed by atoms with Gasteiger partial charge >= 0.3 is 6.18 Å². The summed E-state index contributed by atoms with van der Waals surface area (Å²) in [5, 5.41) is 2.69. The number of amides is 1. The normalized spacial score (nSPS) is 21.6. The summed E-state index contributed by atoms with van der Waals surface area (Å²) < 4.78 is 37.9. The highest BCUT2D eigenvalue weighted by atomic mass is 19.4. The summed E-state index contributed by atoms with van der Waals surface area (Å²) in [6.07, 6.45) is -1.77. The van der Waals surface area contributed by atoms with Crippen molar-refractivity contribution in [1.82, 2.24) is 14.9 Å². The number of anilines is 2. The van der Waals surface area contributed by atoms with E-state index in [1.165, 1.54) is 12.1 Å². The summed E-state index contributed by atoms with van der Waals surface area (Å²) in [6.45, 7) is 5.79.